The Hall–Kier alpha value is -4.08. The summed E-state index contributed by atoms with van der Waals surface area (Å²) < 4.78 is 11.6. The largest absolute Gasteiger partial charge is 0.493 e. The van der Waals surface area contributed by atoms with Crippen LogP contribution in [0, 0.1) is 11.8 Å². The highest BCUT2D eigenvalue weighted by Crippen LogP contribution is 2.16. The fraction of sp³-hybridized carbons (Fsp3) is 0.556. The Kier molecular flexibility index (Phi) is 14.4. The lowest BCUT2D eigenvalue weighted by atomic mass is 10.0. The van der Waals surface area contributed by atoms with Gasteiger partial charge in [0, 0.05) is 27.2 Å². The quantitative estimate of drug-likeness (QED) is 0.524. The van der Waals surface area contributed by atoms with Crippen LogP contribution in [0.1, 0.15) is 64.5 Å². The van der Waals surface area contributed by atoms with E-state index in [2.05, 4.69) is 10.6 Å². The van der Waals surface area contributed by atoms with Crippen molar-refractivity contribution in [3.8, 4) is 11.5 Å². The molecule has 4 bridgehead atoms. The Balaban J connectivity index is 1.73. The van der Waals surface area contributed by atoms with E-state index in [1.54, 1.807) is 23.9 Å². The molecule has 2 aromatic rings. The number of likely N-dealkylation sites (N-methyl/N-ethyl adjacent to an activating group) is 2. The Morgan fingerprint density at radius 1 is 0.609 bits per heavy atom. The molecule has 2 unspecified atom stereocenters. The monoisotopic (exact) mass is 636 g/mol. The second kappa shape index (κ2) is 18.2. The number of nitrogens with zero attached hydrogens (tertiary/aromatic N) is 2. The third kappa shape index (κ3) is 12.4. The van der Waals surface area contributed by atoms with Crippen LogP contribution in [0.15, 0.2) is 48.5 Å². The molecule has 0 spiro atoms. The van der Waals surface area contributed by atoms with E-state index in [0.717, 1.165) is 11.1 Å². The lowest BCUT2D eigenvalue weighted by Crippen LogP contribution is -2.48. The van der Waals surface area contributed by atoms with E-state index in [1.165, 1.54) is 0 Å². The first-order valence-corrected chi connectivity index (χ1v) is 16.4. The molecule has 6 rings (SSSR count). The molecule has 2 aromatic carbocycles. The van der Waals surface area contributed by atoms with Gasteiger partial charge in [-0.15, -0.1) is 0 Å². The first-order chi connectivity index (χ1) is 21.9. The zero-order chi connectivity index (χ0) is 33.6. The summed E-state index contributed by atoms with van der Waals surface area (Å²) in [6.07, 6.45) is 2.62. The van der Waals surface area contributed by atoms with Gasteiger partial charge in [-0.1, -0.05) is 52.0 Å². The summed E-state index contributed by atoms with van der Waals surface area (Å²) in [7, 11) is 3.51. The number of nitrogens with one attached hydrogen (secondary N) is 2. The van der Waals surface area contributed by atoms with Crippen LogP contribution < -0.4 is 20.1 Å². The van der Waals surface area contributed by atoms with Crippen molar-refractivity contribution in [2.75, 3.05) is 40.4 Å². The zero-order valence-corrected chi connectivity index (χ0v) is 28.3. The molecule has 4 aliphatic heterocycles. The van der Waals surface area contributed by atoms with Gasteiger partial charge in [-0.3, -0.25) is 19.2 Å². The van der Waals surface area contributed by atoms with Crippen molar-refractivity contribution in [1.29, 1.82) is 0 Å². The number of benzene rings is 2. The molecule has 0 aromatic heterocycles. The predicted octanol–water partition coefficient (Wildman–Crippen LogP) is 4.00. The highest BCUT2D eigenvalue weighted by atomic mass is 16.5. The van der Waals surface area contributed by atoms with Crippen molar-refractivity contribution in [1.82, 2.24) is 20.4 Å². The van der Waals surface area contributed by atoms with Crippen molar-refractivity contribution >= 4 is 23.6 Å². The van der Waals surface area contributed by atoms with Gasteiger partial charge in [-0.05, 0) is 72.9 Å². The summed E-state index contributed by atoms with van der Waals surface area (Å²) in [5.74, 6) is 1.04. The maximum absolute atomic E-state index is 13.3. The average molecular weight is 637 g/mol. The van der Waals surface area contributed by atoms with Crippen molar-refractivity contribution in [3.05, 3.63) is 59.7 Å². The fourth-order valence-electron chi connectivity index (χ4n) is 5.29. The molecule has 10 nitrogen and oxygen atoms in total. The number of hydrogen-bond acceptors (Lipinski definition) is 6. The summed E-state index contributed by atoms with van der Waals surface area (Å²) in [6.45, 7) is 9.47. The second-order valence-corrected chi connectivity index (χ2v) is 13.0. The van der Waals surface area contributed by atoms with Crippen LogP contribution in [0.5, 0.6) is 11.5 Å². The molecule has 2 atom stereocenters. The van der Waals surface area contributed by atoms with E-state index in [0.29, 0.717) is 50.3 Å². The van der Waals surface area contributed by atoms with Crippen molar-refractivity contribution in [2.45, 2.75) is 78.3 Å². The summed E-state index contributed by atoms with van der Waals surface area (Å²) >= 11 is 0. The van der Waals surface area contributed by atoms with Crippen LogP contribution in [-0.4, -0.2) is 85.9 Å². The van der Waals surface area contributed by atoms with Gasteiger partial charge in [0.2, 0.25) is 23.6 Å². The highest BCUT2D eigenvalue weighted by Gasteiger charge is 2.26. The predicted molar refractivity (Wildman–Crippen MR) is 179 cm³/mol. The third-order valence-corrected chi connectivity index (χ3v) is 7.95. The van der Waals surface area contributed by atoms with Gasteiger partial charge in [0.15, 0.2) is 0 Å². The van der Waals surface area contributed by atoms with E-state index < -0.39 is 12.1 Å². The minimum atomic E-state index is -0.609. The van der Waals surface area contributed by atoms with Crippen LogP contribution in [0.3, 0.4) is 0 Å². The molecule has 10 heteroatoms. The molecule has 252 valence electrons. The standard InChI is InChI=1S/C36H52N4O6/c1-25(2)23-31-35(43)39(5)19-15-27-7-11-30(12-8-27)46-22-18-34(42)38-32(24-26(3)4)36(44)40(6)20-16-28-9-13-29(14-10-28)45-21-17-33(41)37-31/h7-14,25-26,31-32H,15-24H2,1-6H3,(H,37,41)(H,38,42). The lowest BCUT2D eigenvalue weighted by molar-refractivity contribution is -0.136. The minimum absolute atomic E-state index is 0.118. The van der Waals surface area contributed by atoms with Crippen LogP contribution in [0.4, 0.5) is 0 Å². The fourth-order valence-corrected chi connectivity index (χ4v) is 5.29. The Labute approximate surface area is 274 Å². The normalized spacial score (nSPS) is 20.2. The molecule has 4 aliphatic rings. The van der Waals surface area contributed by atoms with Gasteiger partial charge in [0.1, 0.15) is 23.6 Å². The maximum atomic E-state index is 13.3. The van der Waals surface area contributed by atoms with E-state index in [1.807, 2.05) is 76.2 Å². The van der Waals surface area contributed by atoms with Crippen LogP contribution >= 0.6 is 0 Å². The molecule has 0 saturated carbocycles. The van der Waals surface area contributed by atoms with Gasteiger partial charge < -0.3 is 29.9 Å². The molecule has 4 heterocycles. The number of carbonyl (C=O) groups is 4. The van der Waals surface area contributed by atoms with Crippen molar-refractivity contribution in [3.63, 3.8) is 0 Å². The molecule has 0 fully saturated rings. The van der Waals surface area contributed by atoms with Gasteiger partial charge in [-0.25, -0.2) is 0 Å². The molecular formula is C36H52N4O6. The summed E-state index contributed by atoms with van der Waals surface area (Å²) in [5, 5.41) is 5.85. The molecule has 46 heavy (non-hydrogen) atoms. The Morgan fingerprint density at radius 3 is 1.28 bits per heavy atom. The zero-order valence-electron chi connectivity index (χ0n) is 28.3. The van der Waals surface area contributed by atoms with Gasteiger partial charge in [0.05, 0.1) is 26.1 Å². The van der Waals surface area contributed by atoms with E-state index in [9.17, 15) is 19.2 Å². The summed E-state index contributed by atoms with van der Waals surface area (Å²) in [4.78, 5) is 55.5. The Morgan fingerprint density at radius 2 is 0.957 bits per heavy atom. The molecule has 4 amide bonds. The smallest absolute Gasteiger partial charge is 0.244 e. The second-order valence-electron chi connectivity index (χ2n) is 13.0. The summed E-state index contributed by atoms with van der Waals surface area (Å²) in [5.41, 5.74) is 2.07. The van der Waals surface area contributed by atoms with E-state index in [4.69, 9.17) is 9.47 Å². The SMILES string of the molecule is CC(C)CC1NC(=O)CCOc2ccc(cc2)CCN(C)C(=O)C(CC(C)C)NC(=O)CCOc2ccc(cc2)CCN(C)C1=O. The van der Waals surface area contributed by atoms with Crippen LogP contribution in [0.2, 0.25) is 0 Å². The first kappa shape index (κ1) is 36.4. The molecule has 0 aliphatic carbocycles. The first-order valence-electron chi connectivity index (χ1n) is 16.4. The number of hydrogen-bond donors (Lipinski definition) is 2. The highest BCUT2D eigenvalue weighted by molar-refractivity contribution is 5.88. The topological polar surface area (TPSA) is 117 Å². The Bertz CT molecular complexity index is 1180. The van der Waals surface area contributed by atoms with Gasteiger partial charge in [0.25, 0.3) is 0 Å². The van der Waals surface area contributed by atoms with Gasteiger partial charge >= 0.3 is 0 Å². The number of amides is 4. The third-order valence-electron chi connectivity index (χ3n) is 7.95. The average Bonchev–Trinajstić information content (AvgIpc) is 3.01. The maximum Gasteiger partial charge on any atom is 0.244 e. The minimum Gasteiger partial charge on any atom is -0.493 e. The lowest BCUT2D eigenvalue weighted by Gasteiger charge is -2.26. The summed E-state index contributed by atoms with van der Waals surface area (Å²) in [6, 6.07) is 13.9. The molecule has 2 N–H and O–H groups in total. The number of ether oxygens (including phenoxy) is 2. The van der Waals surface area contributed by atoms with Crippen molar-refractivity contribution in [2.24, 2.45) is 11.8 Å². The molecular weight excluding hydrogens is 584 g/mol. The van der Waals surface area contributed by atoms with E-state index in [-0.39, 0.29) is 61.5 Å². The van der Waals surface area contributed by atoms with Gasteiger partial charge in [-0.2, -0.15) is 0 Å². The molecule has 0 saturated heterocycles. The van der Waals surface area contributed by atoms with Crippen LogP contribution in [0.25, 0.3) is 0 Å². The number of carbonyl (C=O) groups excluding carboxylic acids is 4. The number of rotatable bonds is 4. The molecule has 0 radical (unpaired) electrons. The van der Waals surface area contributed by atoms with Crippen molar-refractivity contribution < 1.29 is 28.7 Å². The van der Waals surface area contributed by atoms with Crippen LogP contribution in [-0.2, 0) is 32.0 Å². The van der Waals surface area contributed by atoms with E-state index >= 15 is 0 Å².